The number of ether oxygens (including phenoxy) is 1. The highest BCUT2D eigenvalue weighted by Gasteiger charge is 2.12. The molecular weight excluding hydrogens is 210 g/mol. The van der Waals surface area contributed by atoms with Crippen LogP contribution >= 0.6 is 0 Å². The summed E-state index contributed by atoms with van der Waals surface area (Å²) in [6, 6.07) is 0. The Morgan fingerprint density at radius 2 is 1.71 bits per heavy atom. The fraction of sp³-hybridized carbons (Fsp3) is 1.00. The van der Waals surface area contributed by atoms with Crippen LogP contribution in [0.3, 0.4) is 0 Å². The summed E-state index contributed by atoms with van der Waals surface area (Å²) in [4.78, 5) is 0. The van der Waals surface area contributed by atoms with Gasteiger partial charge in [-0.05, 0) is 58.5 Å². The summed E-state index contributed by atoms with van der Waals surface area (Å²) in [5, 5.41) is 3.56. The second-order valence-corrected chi connectivity index (χ2v) is 6.46. The van der Waals surface area contributed by atoms with Crippen LogP contribution in [0.2, 0.25) is 0 Å². The van der Waals surface area contributed by atoms with E-state index in [-0.39, 0.29) is 5.60 Å². The van der Waals surface area contributed by atoms with E-state index in [1.165, 1.54) is 19.3 Å². The zero-order chi connectivity index (χ0) is 13.3. The van der Waals surface area contributed by atoms with E-state index in [9.17, 15) is 0 Å². The molecular formula is C15H33NO. The van der Waals surface area contributed by atoms with Crippen LogP contribution < -0.4 is 5.32 Å². The van der Waals surface area contributed by atoms with Crippen LogP contribution in [0, 0.1) is 11.8 Å². The Kier molecular flexibility index (Phi) is 8.89. The molecule has 0 saturated carbocycles. The molecule has 0 amide bonds. The standard InChI is InChI=1S/C15H33NO/c1-7-8-14(12-16-11-13(2)3)9-10-17-15(4,5)6/h13-14,16H,7-12H2,1-6H3. The van der Waals surface area contributed by atoms with Crippen molar-refractivity contribution in [3.63, 3.8) is 0 Å². The summed E-state index contributed by atoms with van der Waals surface area (Å²) in [5.74, 6) is 1.50. The molecule has 0 aromatic rings. The zero-order valence-corrected chi connectivity index (χ0v) is 12.8. The third-order valence-corrected chi connectivity index (χ3v) is 2.74. The van der Waals surface area contributed by atoms with Gasteiger partial charge in [-0.3, -0.25) is 0 Å². The van der Waals surface area contributed by atoms with Gasteiger partial charge in [0.1, 0.15) is 0 Å². The minimum Gasteiger partial charge on any atom is -0.376 e. The van der Waals surface area contributed by atoms with Crippen molar-refractivity contribution in [2.24, 2.45) is 11.8 Å². The molecule has 1 unspecified atom stereocenters. The minimum atomic E-state index is 0.00211. The van der Waals surface area contributed by atoms with Gasteiger partial charge in [0.2, 0.25) is 0 Å². The van der Waals surface area contributed by atoms with Gasteiger partial charge in [-0.2, -0.15) is 0 Å². The SMILES string of the molecule is CCCC(CCOC(C)(C)C)CNCC(C)C. The molecule has 0 spiro atoms. The van der Waals surface area contributed by atoms with E-state index in [0.29, 0.717) is 0 Å². The van der Waals surface area contributed by atoms with Crippen LogP contribution in [0.5, 0.6) is 0 Å². The van der Waals surface area contributed by atoms with Crippen molar-refractivity contribution in [3.8, 4) is 0 Å². The molecule has 0 bridgehead atoms. The van der Waals surface area contributed by atoms with E-state index in [1.54, 1.807) is 0 Å². The van der Waals surface area contributed by atoms with Gasteiger partial charge < -0.3 is 10.1 Å². The molecule has 0 aliphatic carbocycles. The Hall–Kier alpha value is -0.0800. The van der Waals surface area contributed by atoms with Gasteiger partial charge in [-0.25, -0.2) is 0 Å². The lowest BCUT2D eigenvalue weighted by Gasteiger charge is -2.23. The molecule has 0 radical (unpaired) electrons. The second kappa shape index (κ2) is 8.93. The van der Waals surface area contributed by atoms with Gasteiger partial charge in [-0.15, -0.1) is 0 Å². The highest BCUT2D eigenvalue weighted by Crippen LogP contribution is 2.14. The number of rotatable bonds is 9. The number of hydrogen-bond acceptors (Lipinski definition) is 2. The van der Waals surface area contributed by atoms with Crippen molar-refractivity contribution in [3.05, 3.63) is 0 Å². The first kappa shape index (κ1) is 16.9. The summed E-state index contributed by atoms with van der Waals surface area (Å²) in [6.45, 7) is 16.3. The second-order valence-electron chi connectivity index (χ2n) is 6.46. The van der Waals surface area contributed by atoms with E-state index in [2.05, 4.69) is 46.9 Å². The molecule has 2 nitrogen and oxygen atoms in total. The quantitative estimate of drug-likeness (QED) is 0.664. The lowest BCUT2D eigenvalue weighted by molar-refractivity contribution is -0.00962. The zero-order valence-electron chi connectivity index (χ0n) is 12.8. The fourth-order valence-corrected chi connectivity index (χ4v) is 1.86. The maximum atomic E-state index is 5.81. The molecule has 2 heteroatoms. The normalized spacial score (nSPS) is 14.3. The monoisotopic (exact) mass is 243 g/mol. The number of hydrogen-bond donors (Lipinski definition) is 1. The van der Waals surface area contributed by atoms with Gasteiger partial charge in [0.05, 0.1) is 5.60 Å². The molecule has 0 rings (SSSR count). The maximum absolute atomic E-state index is 5.81. The van der Waals surface area contributed by atoms with Crippen LogP contribution in [0.1, 0.15) is 60.8 Å². The first-order valence-corrected chi connectivity index (χ1v) is 7.19. The van der Waals surface area contributed by atoms with Crippen LogP contribution in [0.15, 0.2) is 0 Å². The molecule has 0 heterocycles. The summed E-state index contributed by atoms with van der Waals surface area (Å²) in [6.07, 6.45) is 3.75. The topological polar surface area (TPSA) is 21.3 Å². The van der Waals surface area contributed by atoms with Gasteiger partial charge >= 0.3 is 0 Å². The van der Waals surface area contributed by atoms with Crippen LogP contribution in [-0.2, 0) is 4.74 Å². The molecule has 0 aliphatic heterocycles. The summed E-state index contributed by atoms with van der Waals surface area (Å²) < 4.78 is 5.81. The predicted octanol–water partition coefficient (Wildman–Crippen LogP) is 3.85. The van der Waals surface area contributed by atoms with Crippen molar-refractivity contribution in [2.75, 3.05) is 19.7 Å². The van der Waals surface area contributed by atoms with Crippen molar-refractivity contribution >= 4 is 0 Å². The Labute approximate surface area is 109 Å². The third kappa shape index (κ3) is 12.2. The summed E-state index contributed by atoms with van der Waals surface area (Å²) >= 11 is 0. The molecule has 0 aromatic carbocycles. The molecule has 0 aromatic heterocycles. The van der Waals surface area contributed by atoms with Gasteiger partial charge in [0.25, 0.3) is 0 Å². The highest BCUT2D eigenvalue weighted by atomic mass is 16.5. The Balaban J connectivity index is 3.74. The van der Waals surface area contributed by atoms with Crippen molar-refractivity contribution in [1.29, 1.82) is 0 Å². The predicted molar refractivity (Wildman–Crippen MR) is 76.4 cm³/mol. The van der Waals surface area contributed by atoms with Gasteiger partial charge in [0, 0.05) is 6.61 Å². The summed E-state index contributed by atoms with van der Waals surface area (Å²) in [7, 11) is 0. The fourth-order valence-electron chi connectivity index (χ4n) is 1.86. The maximum Gasteiger partial charge on any atom is 0.0598 e. The van der Waals surface area contributed by atoms with Crippen molar-refractivity contribution in [1.82, 2.24) is 5.32 Å². The van der Waals surface area contributed by atoms with E-state index in [4.69, 9.17) is 4.74 Å². The Morgan fingerprint density at radius 3 is 2.18 bits per heavy atom. The molecule has 1 atom stereocenters. The van der Waals surface area contributed by atoms with Crippen LogP contribution in [-0.4, -0.2) is 25.3 Å². The lowest BCUT2D eigenvalue weighted by atomic mass is 10.00. The highest BCUT2D eigenvalue weighted by molar-refractivity contribution is 4.65. The van der Waals surface area contributed by atoms with E-state index in [1.807, 2.05) is 0 Å². The molecule has 0 saturated heterocycles. The van der Waals surface area contributed by atoms with Crippen molar-refractivity contribution in [2.45, 2.75) is 66.4 Å². The average molecular weight is 243 g/mol. The Bertz CT molecular complexity index is 172. The summed E-state index contributed by atoms with van der Waals surface area (Å²) in [5.41, 5.74) is 0.00211. The van der Waals surface area contributed by atoms with E-state index in [0.717, 1.165) is 31.5 Å². The van der Waals surface area contributed by atoms with Gasteiger partial charge in [0.15, 0.2) is 0 Å². The first-order valence-electron chi connectivity index (χ1n) is 7.19. The van der Waals surface area contributed by atoms with Crippen LogP contribution in [0.4, 0.5) is 0 Å². The molecule has 104 valence electrons. The largest absolute Gasteiger partial charge is 0.376 e. The minimum absolute atomic E-state index is 0.00211. The molecule has 1 N–H and O–H groups in total. The molecule has 0 fully saturated rings. The average Bonchev–Trinajstić information content (AvgIpc) is 2.15. The number of nitrogens with one attached hydrogen (secondary N) is 1. The Morgan fingerprint density at radius 1 is 1.06 bits per heavy atom. The van der Waals surface area contributed by atoms with Gasteiger partial charge in [-0.1, -0.05) is 27.2 Å². The lowest BCUT2D eigenvalue weighted by Crippen LogP contribution is -2.28. The van der Waals surface area contributed by atoms with E-state index < -0.39 is 0 Å². The first-order chi connectivity index (χ1) is 7.85. The van der Waals surface area contributed by atoms with Crippen LogP contribution in [0.25, 0.3) is 0 Å². The molecule has 0 aliphatic rings. The van der Waals surface area contributed by atoms with Crippen molar-refractivity contribution < 1.29 is 4.74 Å². The third-order valence-electron chi connectivity index (χ3n) is 2.74. The molecule has 17 heavy (non-hydrogen) atoms. The smallest absolute Gasteiger partial charge is 0.0598 e. The van der Waals surface area contributed by atoms with E-state index >= 15 is 0 Å².